The number of aryl methyl sites for hydroxylation is 1. The first-order chi connectivity index (χ1) is 12.5. The van der Waals surface area contributed by atoms with Crippen molar-refractivity contribution in [2.75, 3.05) is 11.1 Å². The lowest BCUT2D eigenvalue weighted by atomic mass is 10.0. The zero-order valence-electron chi connectivity index (χ0n) is 13.9. The number of nitrogens with one attached hydrogen (secondary N) is 1. The zero-order valence-corrected chi connectivity index (χ0v) is 15.4. The number of halogens is 2. The molecule has 0 saturated carbocycles. The molecule has 0 fully saturated rings. The summed E-state index contributed by atoms with van der Waals surface area (Å²) in [5.74, 6) is 0.435. The summed E-state index contributed by atoms with van der Waals surface area (Å²) in [5, 5.41) is 7.88. The molecule has 0 spiro atoms. The van der Waals surface area contributed by atoms with Crippen molar-refractivity contribution >= 4 is 35.1 Å². The third kappa shape index (κ3) is 2.99. The molecule has 1 aromatic heterocycles. The minimum atomic E-state index is -0.302. The molecule has 0 radical (unpaired) electrons. The quantitative estimate of drug-likeness (QED) is 0.690. The van der Waals surface area contributed by atoms with Gasteiger partial charge in [-0.3, -0.25) is 4.79 Å². The first kappa shape index (κ1) is 17.1. The van der Waals surface area contributed by atoms with Crippen LogP contribution in [0.3, 0.4) is 0 Å². The molecule has 4 nitrogen and oxygen atoms in total. The minimum absolute atomic E-state index is 0.122. The highest BCUT2D eigenvalue weighted by atomic mass is 35.5. The Morgan fingerprint density at radius 2 is 2.08 bits per heavy atom. The third-order valence-electron chi connectivity index (χ3n) is 4.24. The molecule has 1 aliphatic rings. The number of carbonyl (C=O) groups excluding carboxylic acids is 1. The van der Waals surface area contributed by atoms with E-state index in [-0.39, 0.29) is 22.7 Å². The van der Waals surface area contributed by atoms with Crippen LogP contribution in [-0.4, -0.2) is 21.4 Å². The fraction of sp³-hybridized carbons (Fsp3) is 0.158. The molecule has 1 amide bonds. The summed E-state index contributed by atoms with van der Waals surface area (Å²) >= 11 is 7.79. The largest absolute Gasteiger partial charge is 0.310 e. The van der Waals surface area contributed by atoms with Crippen LogP contribution < -0.4 is 5.32 Å². The first-order valence-electron chi connectivity index (χ1n) is 8.06. The second kappa shape index (κ2) is 6.78. The fourth-order valence-corrected chi connectivity index (χ4v) is 4.51. The first-order valence-corrected chi connectivity index (χ1v) is 9.48. The number of fused-ring (bicyclic) bond motifs is 1. The van der Waals surface area contributed by atoms with E-state index in [0.29, 0.717) is 16.5 Å². The SMILES string of the molecule is Cc1nn(-c2ccccc2Cl)c2c1C(c1cccc(F)c1)SCC(=O)N2. The van der Waals surface area contributed by atoms with E-state index in [4.69, 9.17) is 11.6 Å². The highest BCUT2D eigenvalue weighted by molar-refractivity contribution is 8.00. The van der Waals surface area contributed by atoms with Gasteiger partial charge in [-0.2, -0.15) is 5.10 Å². The van der Waals surface area contributed by atoms with Gasteiger partial charge < -0.3 is 5.32 Å². The molecule has 0 bridgehead atoms. The number of hydrogen-bond acceptors (Lipinski definition) is 3. The van der Waals surface area contributed by atoms with Gasteiger partial charge in [-0.05, 0) is 36.8 Å². The van der Waals surface area contributed by atoms with Crippen LogP contribution in [-0.2, 0) is 4.79 Å². The lowest BCUT2D eigenvalue weighted by Crippen LogP contribution is -2.16. The Hall–Kier alpha value is -2.31. The van der Waals surface area contributed by atoms with Crippen LogP contribution in [0.15, 0.2) is 48.5 Å². The summed E-state index contributed by atoms with van der Waals surface area (Å²) in [6.07, 6.45) is 0. The van der Waals surface area contributed by atoms with Crippen molar-refractivity contribution in [3.05, 3.63) is 76.2 Å². The Bertz CT molecular complexity index is 1000. The van der Waals surface area contributed by atoms with Crippen LogP contribution in [0.4, 0.5) is 10.2 Å². The number of hydrogen-bond donors (Lipinski definition) is 1. The van der Waals surface area contributed by atoms with Gasteiger partial charge in [-0.15, -0.1) is 11.8 Å². The molecule has 1 aliphatic heterocycles. The van der Waals surface area contributed by atoms with Gasteiger partial charge in [-0.25, -0.2) is 9.07 Å². The van der Waals surface area contributed by atoms with E-state index >= 15 is 0 Å². The Morgan fingerprint density at radius 3 is 2.85 bits per heavy atom. The highest BCUT2D eigenvalue weighted by Gasteiger charge is 2.31. The second-order valence-corrected chi connectivity index (χ2v) is 7.51. The number of para-hydroxylation sites is 1. The number of carbonyl (C=O) groups is 1. The van der Waals surface area contributed by atoms with Gasteiger partial charge >= 0.3 is 0 Å². The predicted octanol–water partition coefficient (Wildman–Crippen LogP) is 4.75. The normalized spacial score (nSPS) is 16.7. The molecule has 7 heteroatoms. The van der Waals surface area contributed by atoms with Crippen LogP contribution in [0.5, 0.6) is 0 Å². The third-order valence-corrected chi connectivity index (χ3v) is 5.83. The standard InChI is InChI=1S/C19H15ClFN3OS/c1-11-17-18(12-5-4-6-13(21)9-12)26-10-16(25)22-19(17)24(23-11)15-8-3-2-7-14(15)20/h2-9,18H,10H2,1H3,(H,22,25). The Morgan fingerprint density at radius 1 is 1.27 bits per heavy atom. The lowest BCUT2D eigenvalue weighted by Gasteiger charge is -2.15. The van der Waals surface area contributed by atoms with Crippen LogP contribution in [0.25, 0.3) is 5.69 Å². The van der Waals surface area contributed by atoms with Crippen molar-refractivity contribution in [1.82, 2.24) is 9.78 Å². The molecule has 132 valence electrons. The van der Waals surface area contributed by atoms with Crippen molar-refractivity contribution in [2.24, 2.45) is 0 Å². The monoisotopic (exact) mass is 387 g/mol. The van der Waals surface area contributed by atoms with E-state index in [1.807, 2.05) is 31.2 Å². The van der Waals surface area contributed by atoms with Crippen LogP contribution in [0.2, 0.25) is 5.02 Å². The van der Waals surface area contributed by atoms with Crippen LogP contribution >= 0.6 is 23.4 Å². The molecule has 26 heavy (non-hydrogen) atoms. The molecule has 2 heterocycles. The van der Waals surface area contributed by atoms with Gasteiger partial charge in [0, 0.05) is 5.56 Å². The lowest BCUT2D eigenvalue weighted by molar-refractivity contribution is -0.113. The summed E-state index contributed by atoms with van der Waals surface area (Å²) in [4.78, 5) is 12.3. The van der Waals surface area contributed by atoms with E-state index in [9.17, 15) is 9.18 Å². The molecule has 1 unspecified atom stereocenters. The number of rotatable bonds is 2. The molecular formula is C19H15ClFN3OS. The van der Waals surface area contributed by atoms with Gasteiger partial charge in [0.15, 0.2) is 0 Å². The van der Waals surface area contributed by atoms with Crippen LogP contribution in [0.1, 0.15) is 22.1 Å². The Kier molecular flexibility index (Phi) is 4.46. The Labute approximate surface area is 159 Å². The number of aromatic nitrogens is 2. The number of anilines is 1. The predicted molar refractivity (Wildman–Crippen MR) is 103 cm³/mol. The fourth-order valence-electron chi connectivity index (χ4n) is 3.11. The second-order valence-electron chi connectivity index (χ2n) is 6.01. The highest BCUT2D eigenvalue weighted by Crippen LogP contribution is 2.44. The van der Waals surface area contributed by atoms with Crippen molar-refractivity contribution in [1.29, 1.82) is 0 Å². The van der Waals surface area contributed by atoms with E-state index in [1.165, 1.54) is 23.9 Å². The van der Waals surface area contributed by atoms with E-state index in [2.05, 4.69) is 10.4 Å². The molecule has 2 aromatic carbocycles. The van der Waals surface area contributed by atoms with Crippen molar-refractivity contribution in [3.63, 3.8) is 0 Å². The van der Waals surface area contributed by atoms with Gasteiger partial charge in [0.05, 0.1) is 27.4 Å². The molecule has 1 atom stereocenters. The maximum absolute atomic E-state index is 13.8. The minimum Gasteiger partial charge on any atom is -0.310 e. The molecule has 4 rings (SSSR count). The van der Waals surface area contributed by atoms with E-state index < -0.39 is 0 Å². The van der Waals surface area contributed by atoms with E-state index in [0.717, 1.165) is 16.8 Å². The summed E-state index contributed by atoms with van der Waals surface area (Å²) in [6, 6.07) is 13.8. The van der Waals surface area contributed by atoms with E-state index in [1.54, 1.807) is 16.8 Å². The van der Waals surface area contributed by atoms with Crippen molar-refractivity contribution in [2.45, 2.75) is 12.2 Å². The molecule has 0 saturated heterocycles. The van der Waals surface area contributed by atoms with Crippen molar-refractivity contribution in [3.8, 4) is 5.69 Å². The summed E-state index contributed by atoms with van der Waals surface area (Å²) in [6.45, 7) is 1.89. The number of benzene rings is 2. The maximum atomic E-state index is 13.8. The average Bonchev–Trinajstić information content (AvgIpc) is 2.82. The number of amides is 1. The summed E-state index contributed by atoms with van der Waals surface area (Å²) in [7, 11) is 0. The average molecular weight is 388 g/mol. The number of thioether (sulfide) groups is 1. The summed E-state index contributed by atoms with van der Waals surface area (Å²) in [5.41, 5.74) is 3.12. The smallest absolute Gasteiger partial charge is 0.235 e. The molecule has 3 aromatic rings. The molecule has 0 aliphatic carbocycles. The topological polar surface area (TPSA) is 46.9 Å². The molecular weight excluding hydrogens is 373 g/mol. The Balaban J connectivity index is 1.92. The van der Waals surface area contributed by atoms with Gasteiger partial charge in [0.1, 0.15) is 11.6 Å². The molecule has 1 N–H and O–H groups in total. The van der Waals surface area contributed by atoms with Gasteiger partial charge in [0.25, 0.3) is 0 Å². The summed E-state index contributed by atoms with van der Waals surface area (Å²) < 4.78 is 15.4. The van der Waals surface area contributed by atoms with Crippen molar-refractivity contribution < 1.29 is 9.18 Å². The zero-order chi connectivity index (χ0) is 18.3. The van der Waals surface area contributed by atoms with Crippen LogP contribution in [0, 0.1) is 12.7 Å². The van der Waals surface area contributed by atoms with Gasteiger partial charge in [0.2, 0.25) is 5.91 Å². The maximum Gasteiger partial charge on any atom is 0.235 e. The number of nitrogens with zero attached hydrogens (tertiary/aromatic N) is 2. The van der Waals surface area contributed by atoms with Gasteiger partial charge in [-0.1, -0.05) is 35.9 Å².